The molecule has 4 aliphatic rings. The van der Waals surface area contributed by atoms with E-state index in [-0.39, 0.29) is 17.5 Å². The monoisotopic (exact) mass is 287 g/mol. The van der Waals surface area contributed by atoms with Gasteiger partial charge in [-0.15, -0.1) is 0 Å². The minimum Gasteiger partial charge on any atom is -0.508 e. The smallest absolute Gasteiger partial charge is 0.120 e. The Balaban J connectivity index is 1.52. The molecule has 0 saturated heterocycles. The van der Waals surface area contributed by atoms with E-state index in [2.05, 4.69) is 12.2 Å². The first-order chi connectivity index (χ1) is 10.1. The SMILES string of the molecule is CC(NC1C2CC3CC(C2)CC1C3)c1cc(O)ccc1O. The van der Waals surface area contributed by atoms with Gasteiger partial charge in [-0.2, -0.15) is 0 Å². The van der Waals surface area contributed by atoms with E-state index >= 15 is 0 Å². The molecule has 0 amide bonds. The molecule has 21 heavy (non-hydrogen) atoms. The van der Waals surface area contributed by atoms with Crippen LogP contribution in [0.4, 0.5) is 0 Å². The van der Waals surface area contributed by atoms with Crippen molar-refractivity contribution in [2.75, 3.05) is 0 Å². The van der Waals surface area contributed by atoms with Crippen LogP contribution in [0.15, 0.2) is 18.2 Å². The second-order valence-corrected chi connectivity index (χ2v) is 7.59. The van der Waals surface area contributed by atoms with Gasteiger partial charge in [0.05, 0.1) is 0 Å². The molecule has 0 aliphatic heterocycles. The number of hydrogen-bond acceptors (Lipinski definition) is 3. The van der Waals surface area contributed by atoms with E-state index in [9.17, 15) is 10.2 Å². The summed E-state index contributed by atoms with van der Waals surface area (Å²) in [7, 11) is 0. The fourth-order valence-electron chi connectivity index (χ4n) is 5.46. The van der Waals surface area contributed by atoms with Gasteiger partial charge in [0.2, 0.25) is 0 Å². The van der Waals surface area contributed by atoms with Crippen LogP contribution in [0.5, 0.6) is 11.5 Å². The van der Waals surface area contributed by atoms with Gasteiger partial charge in [-0.1, -0.05) is 0 Å². The summed E-state index contributed by atoms with van der Waals surface area (Å²) in [4.78, 5) is 0. The molecule has 4 fully saturated rings. The lowest BCUT2D eigenvalue weighted by atomic mass is 9.54. The molecule has 3 nitrogen and oxygen atoms in total. The van der Waals surface area contributed by atoms with E-state index in [0.29, 0.717) is 6.04 Å². The average molecular weight is 287 g/mol. The summed E-state index contributed by atoms with van der Waals surface area (Å²) in [5.41, 5.74) is 0.809. The van der Waals surface area contributed by atoms with E-state index in [4.69, 9.17) is 0 Å². The number of phenolic OH excluding ortho intramolecular Hbond substituents is 2. The van der Waals surface area contributed by atoms with E-state index < -0.39 is 0 Å². The van der Waals surface area contributed by atoms with Gasteiger partial charge in [0.1, 0.15) is 11.5 Å². The van der Waals surface area contributed by atoms with Crippen LogP contribution in [-0.2, 0) is 0 Å². The zero-order valence-corrected chi connectivity index (χ0v) is 12.6. The van der Waals surface area contributed by atoms with Gasteiger partial charge in [-0.25, -0.2) is 0 Å². The number of rotatable bonds is 3. The van der Waals surface area contributed by atoms with Crippen molar-refractivity contribution in [2.45, 2.75) is 51.1 Å². The second kappa shape index (κ2) is 4.91. The Labute approximate surface area is 126 Å². The zero-order chi connectivity index (χ0) is 14.6. The predicted octanol–water partition coefficient (Wildman–Crippen LogP) is 3.57. The summed E-state index contributed by atoms with van der Waals surface area (Å²) in [5.74, 6) is 4.11. The highest BCUT2D eigenvalue weighted by atomic mass is 16.3. The summed E-state index contributed by atoms with van der Waals surface area (Å²) in [6.07, 6.45) is 7.04. The third kappa shape index (κ3) is 2.32. The van der Waals surface area contributed by atoms with Crippen LogP contribution >= 0.6 is 0 Å². The van der Waals surface area contributed by atoms with Crippen molar-refractivity contribution in [3.63, 3.8) is 0 Å². The van der Waals surface area contributed by atoms with Gasteiger partial charge in [-0.3, -0.25) is 0 Å². The number of phenols is 2. The lowest BCUT2D eigenvalue weighted by molar-refractivity contribution is -0.0171. The highest BCUT2D eigenvalue weighted by molar-refractivity contribution is 5.40. The van der Waals surface area contributed by atoms with Gasteiger partial charge in [0, 0.05) is 17.6 Å². The molecule has 114 valence electrons. The predicted molar refractivity (Wildman–Crippen MR) is 82.2 cm³/mol. The highest BCUT2D eigenvalue weighted by Gasteiger charge is 2.48. The topological polar surface area (TPSA) is 52.5 Å². The summed E-state index contributed by atoms with van der Waals surface area (Å²) in [6, 6.07) is 5.48. The van der Waals surface area contributed by atoms with Crippen LogP contribution in [0, 0.1) is 23.7 Å². The van der Waals surface area contributed by atoms with Crippen LogP contribution in [0.2, 0.25) is 0 Å². The summed E-state index contributed by atoms with van der Waals surface area (Å²) < 4.78 is 0. The Bertz CT molecular complexity index is 514. The molecule has 4 aliphatic carbocycles. The number of nitrogens with one attached hydrogen (secondary N) is 1. The maximum absolute atomic E-state index is 10.0. The summed E-state index contributed by atoms with van der Waals surface area (Å²) >= 11 is 0. The molecule has 1 aromatic carbocycles. The maximum Gasteiger partial charge on any atom is 0.120 e. The van der Waals surface area contributed by atoms with Gasteiger partial charge in [0.15, 0.2) is 0 Å². The largest absolute Gasteiger partial charge is 0.508 e. The van der Waals surface area contributed by atoms with Crippen LogP contribution in [-0.4, -0.2) is 16.3 Å². The van der Waals surface area contributed by atoms with E-state index in [1.165, 1.54) is 38.2 Å². The third-order valence-corrected chi connectivity index (χ3v) is 6.15. The minimum absolute atomic E-state index is 0.0830. The molecular formula is C18H25NO2. The van der Waals surface area contributed by atoms with Crippen LogP contribution in [0.3, 0.4) is 0 Å². The molecular weight excluding hydrogens is 262 g/mol. The Kier molecular flexibility index (Phi) is 3.14. The molecule has 0 spiro atoms. The molecule has 0 aromatic heterocycles. The van der Waals surface area contributed by atoms with Crippen molar-refractivity contribution < 1.29 is 10.2 Å². The first kappa shape index (κ1) is 13.4. The lowest BCUT2D eigenvalue weighted by Crippen LogP contribution is -2.54. The van der Waals surface area contributed by atoms with E-state index in [1.54, 1.807) is 12.1 Å². The molecule has 5 rings (SSSR count). The molecule has 1 atom stereocenters. The van der Waals surface area contributed by atoms with Crippen molar-refractivity contribution in [3.8, 4) is 11.5 Å². The molecule has 1 unspecified atom stereocenters. The van der Waals surface area contributed by atoms with E-state index in [1.807, 2.05) is 0 Å². The Morgan fingerprint density at radius 2 is 1.62 bits per heavy atom. The normalized spacial score (nSPS) is 38.6. The Morgan fingerprint density at radius 3 is 2.24 bits per heavy atom. The fourth-order valence-corrected chi connectivity index (χ4v) is 5.46. The summed E-state index contributed by atoms with van der Waals surface area (Å²) in [5, 5.41) is 23.5. The first-order valence-electron chi connectivity index (χ1n) is 8.38. The van der Waals surface area contributed by atoms with Crippen LogP contribution < -0.4 is 5.32 Å². The number of aromatic hydroxyl groups is 2. The Morgan fingerprint density at radius 1 is 1.00 bits per heavy atom. The molecule has 1 aromatic rings. The van der Waals surface area contributed by atoms with Crippen LogP contribution in [0.1, 0.15) is 50.6 Å². The molecule has 3 heteroatoms. The third-order valence-electron chi connectivity index (χ3n) is 6.15. The van der Waals surface area contributed by atoms with Gasteiger partial charge in [-0.05, 0) is 80.9 Å². The number of hydrogen-bond donors (Lipinski definition) is 3. The van der Waals surface area contributed by atoms with Gasteiger partial charge >= 0.3 is 0 Å². The first-order valence-corrected chi connectivity index (χ1v) is 8.38. The zero-order valence-electron chi connectivity index (χ0n) is 12.6. The van der Waals surface area contributed by atoms with Crippen molar-refractivity contribution in [3.05, 3.63) is 23.8 Å². The average Bonchev–Trinajstić information content (AvgIpc) is 2.44. The fraction of sp³-hybridized carbons (Fsp3) is 0.667. The van der Waals surface area contributed by atoms with Gasteiger partial charge < -0.3 is 15.5 Å². The standard InChI is InChI=1S/C18H25NO2/c1-10(16-9-15(20)2-3-17(16)21)19-18-13-5-11-4-12(7-13)8-14(18)6-11/h2-3,9-14,18-21H,4-8H2,1H3. The van der Waals surface area contributed by atoms with Gasteiger partial charge in [0.25, 0.3) is 0 Å². The lowest BCUT2D eigenvalue weighted by Gasteiger charge is -2.55. The molecule has 4 saturated carbocycles. The molecule has 0 radical (unpaired) electrons. The quantitative estimate of drug-likeness (QED) is 0.745. The van der Waals surface area contributed by atoms with Crippen molar-refractivity contribution in [1.29, 1.82) is 0 Å². The molecule has 0 heterocycles. The van der Waals surface area contributed by atoms with Crippen LogP contribution in [0.25, 0.3) is 0 Å². The Hall–Kier alpha value is -1.22. The maximum atomic E-state index is 10.0. The minimum atomic E-state index is 0.0830. The molecule has 3 N–H and O–H groups in total. The van der Waals surface area contributed by atoms with Crippen molar-refractivity contribution in [2.24, 2.45) is 23.7 Å². The van der Waals surface area contributed by atoms with Crippen molar-refractivity contribution in [1.82, 2.24) is 5.32 Å². The van der Waals surface area contributed by atoms with E-state index in [0.717, 1.165) is 29.2 Å². The highest BCUT2D eigenvalue weighted by Crippen LogP contribution is 2.54. The second-order valence-electron chi connectivity index (χ2n) is 7.59. The number of benzene rings is 1. The summed E-state index contributed by atoms with van der Waals surface area (Å²) in [6.45, 7) is 2.10. The molecule has 4 bridgehead atoms. The van der Waals surface area contributed by atoms with Crippen molar-refractivity contribution >= 4 is 0 Å².